The minimum absolute atomic E-state index is 0.161. The third kappa shape index (κ3) is 5.71. The number of halogens is 1. The Morgan fingerprint density at radius 2 is 1.97 bits per heavy atom. The predicted molar refractivity (Wildman–Crippen MR) is 123 cm³/mol. The number of ether oxygens (including phenoxy) is 2. The summed E-state index contributed by atoms with van der Waals surface area (Å²) in [7, 11) is 3.39. The van der Waals surface area contributed by atoms with Gasteiger partial charge >= 0.3 is 0 Å². The maximum absolute atomic E-state index is 12.4. The van der Waals surface area contributed by atoms with Gasteiger partial charge in [-0.3, -0.25) is 4.79 Å². The summed E-state index contributed by atoms with van der Waals surface area (Å²) in [5, 5.41) is 12.4. The van der Waals surface area contributed by atoms with Crippen LogP contribution < -0.4 is 14.8 Å². The molecule has 0 bridgehead atoms. The van der Waals surface area contributed by atoms with Gasteiger partial charge in [0.15, 0.2) is 17.1 Å². The molecule has 1 N–H and O–H groups in total. The lowest BCUT2D eigenvalue weighted by atomic mass is 10.1. The molecule has 1 amide bonds. The number of nitrogens with zero attached hydrogens (tertiary/aromatic N) is 3. The highest BCUT2D eigenvalue weighted by Crippen LogP contribution is 2.28. The molecule has 3 aromatic rings. The van der Waals surface area contributed by atoms with Gasteiger partial charge in [0.05, 0.1) is 18.6 Å². The quantitative estimate of drug-likeness (QED) is 0.478. The molecule has 0 radical (unpaired) electrons. The van der Waals surface area contributed by atoms with Crippen molar-refractivity contribution >= 4 is 35.0 Å². The van der Waals surface area contributed by atoms with Crippen LogP contribution in [0.15, 0.2) is 41.6 Å². The zero-order valence-electron chi connectivity index (χ0n) is 18.1. The van der Waals surface area contributed by atoms with E-state index in [0.29, 0.717) is 27.4 Å². The highest BCUT2D eigenvalue weighted by Gasteiger charge is 2.18. The van der Waals surface area contributed by atoms with E-state index in [1.165, 1.54) is 30.0 Å². The molecule has 0 fully saturated rings. The molecule has 0 aliphatic heterocycles. The maximum Gasteiger partial charge on any atom is 0.234 e. The van der Waals surface area contributed by atoms with Crippen LogP contribution in [0.5, 0.6) is 11.5 Å². The van der Waals surface area contributed by atoms with E-state index in [2.05, 4.69) is 22.4 Å². The Balaban J connectivity index is 1.61. The lowest BCUT2D eigenvalue weighted by molar-refractivity contribution is -0.113. The Kier molecular flexibility index (Phi) is 7.46. The minimum Gasteiger partial charge on any atom is -0.495 e. The van der Waals surface area contributed by atoms with Crippen LogP contribution in [0.4, 0.5) is 5.69 Å². The topological polar surface area (TPSA) is 78.3 Å². The highest BCUT2D eigenvalue weighted by molar-refractivity contribution is 7.99. The fourth-order valence-electron chi connectivity index (χ4n) is 2.94. The molecule has 164 valence electrons. The lowest BCUT2D eigenvalue weighted by Gasteiger charge is -2.15. The van der Waals surface area contributed by atoms with Gasteiger partial charge in [0, 0.05) is 12.1 Å². The average Bonchev–Trinajstić information content (AvgIpc) is 3.10. The van der Waals surface area contributed by atoms with E-state index in [9.17, 15) is 4.79 Å². The number of carbonyl (C=O) groups excluding carboxylic acids is 1. The highest BCUT2D eigenvalue weighted by atomic mass is 35.5. The fourth-order valence-corrected chi connectivity index (χ4v) is 3.83. The van der Waals surface area contributed by atoms with Crippen LogP contribution in [0, 0.1) is 13.8 Å². The van der Waals surface area contributed by atoms with Crippen LogP contribution >= 0.6 is 23.4 Å². The number of aromatic nitrogens is 3. The first-order valence-electron chi connectivity index (χ1n) is 9.68. The van der Waals surface area contributed by atoms with Gasteiger partial charge in [-0.1, -0.05) is 29.4 Å². The normalized spacial score (nSPS) is 11.8. The summed E-state index contributed by atoms with van der Waals surface area (Å²) in [6.45, 7) is 6.03. The van der Waals surface area contributed by atoms with Crippen molar-refractivity contribution in [2.24, 2.45) is 7.05 Å². The van der Waals surface area contributed by atoms with E-state index in [1.54, 1.807) is 18.2 Å². The summed E-state index contributed by atoms with van der Waals surface area (Å²) < 4.78 is 13.1. The van der Waals surface area contributed by atoms with E-state index in [4.69, 9.17) is 21.1 Å². The summed E-state index contributed by atoms with van der Waals surface area (Å²) in [6.07, 6.45) is -0.293. The van der Waals surface area contributed by atoms with Crippen molar-refractivity contribution in [3.8, 4) is 11.5 Å². The smallest absolute Gasteiger partial charge is 0.234 e. The first-order chi connectivity index (χ1) is 14.8. The molecule has 7 nitrogen and oxygen atoms in total. The number of rotatable bonds is 8. The van der Waals surface area contributed by atoms with Crippen LogP contribution in [0.3, 0.4) is 0 Å². The Bertz CT molecular complexity index is 1090. The van der Waals surface area contributed by atoms with Crippen molar-refractivity contribution in [1.29, 1.82) is 0 Å². The predicted octanol–water partition coefficient (Wildman–Crippen LogP) is 4.96. The van der Waals surface area contributed by atoms with E-state index >= 15 is 0 Å². The number of methoxy groups -OCH3 is 1. The largest absolute Gasteiger partial charge is 0.495 e. The number of hydrogen-bond donors (Lipinski definition) is 1. The maximum atomic E-state index is 12.4. The Morgan fingerprint density at radius 1 is 1.19 bits per heavy atom. The molecule has 2 aromatic carbocycles. The zero-order chi connectivity index (χ0) is 22.5. The summed E-state index contributed by atoms with van der Waals surface area (Å²) in [6, 6.07) is 11.0. The van der Waals surface area contributed by atoms with E-state index in [-0.39, 0.29) is 17.8 Å². The number of hydrogen-bond acceptors (Lipinski definition) is 6. The van der Waals surface area contributed by atoms with Crippen molar-refractivity contribution in [1.82, 2.24) is 14.8 Å². The Labute approximate surface area is 191 Å². The Morgan fingerprint density at radius 3 is 2.68 bits per heavy atom. The second kappa shape index (κ2) is 10.1. The molecule has 3 rings (SSSR count). The zero-order valence-corrected chi connectivity index (χ0v) is 19.7. The van der Waals surface area contributed by atoms with Gasteiger partial charge in [0.1, 0.15) is 11.5 Å². The summed E-state index contributed by atoms with van der Waals surface area (Å²) in [5.41, 5.74) is 2.90. The number of benzene rings is 2. The molecular weight excluding hydrogens is 436 g/mol. The molecule has 31 heavy (non-hydrogen) atoms. The van der Waals surface area contributed by atoms with Crippen LogP contribution in [0.25, 0.3) is 0 Å². The van der Waals surface area contributed by atoms with Gasteiger partial charge in [-0.05, 0) is 62.2 Å². The van der Waals surface area contributed by atoms with Crippen molar-refractivity contribution in [3.05, 3.63) is 58.4 Å². The number of anilines is 1. The van der Waals surface area contributed by atoms with Crippen molar-refractivity contribution in [2.75, 3.05) is 18.2 Å². The first-order valence-corrected chi connectivity index (χ1v) is 11.0. The SMILES string of the molecule is COc1ccc(Cl)cc1NC(=O)CSc1nnc(C(C)Oc2ccc(C)c(C)c2)n1C. The van der Waals surface area contributed by atoms with Crippen LogP contribution in [-0.2, 0) is 11.8 Å². The molecule has 1 atom stereocenters. The molecule has 1 heterocycles. The molecule has 1 unspecified atom stereocenters. The van der Waals surface area contributed by atoms with E-state index < -0.39 is 0 Å². The minimum atomic E-state index is -0.293. The van der Waals surface area contributed by atoms with Crippen molar-refractivity contribution < 1.29 is 14.3 Å². The molecule has 0 spiro atoms. The van der Waals surface area contributed by atoms with Gasteiger partial charge in [-0.25, -0.2) is 0 Å². The molecule has 0 aliphatic carbocycles. The second-order valence-corrected chi connectivity index (χ2v) is 8.47. The number of aryl methyl sites for hydroxylation is 2. The molecule has 1 aromatic heterocycles. The molecule has 9 heteroatoms. The van der Waals surface area contributed by atoms with Gasteiger partial charge < -0.3 is 19.4 Å². The average molecular weight is 461 g/mol. The lowest BCUT2D eigenvalue weighted by Crippen LogP contribution is -2.15. The number of nitrogens with one attached hydrogen (secondary N) is 1. The molecule has 0 aliphatic rings. The summed E-state index contributed by atoms with van der Waals surface area (Å²) >= 11 is 7.30. The third-order valence-corrected chi connectivity index (χ3v) is 6.05. The third-order valence-electron chi connectivity index (χ3n) is 4.79. The van der Waals surface area contributed by atoms with Crippen LogP contribution in [-0.4, -0.2) is 33.5 Å². The molecule has 0 saturated heterocycles. The van der Waals surface area contributed by atoms with Gasteiger partial charge in [-0.2, -0.15) is 0 Å². The van der Waals surface area contributed by atoms with Crippen molar-refractivity contribution in [3.63, 3.8) is 0 Å². The van der Waals surface area contributed by atoms with Gasteiger partial charge in [-0.15, -0.1) is 10.2 Å². The van der Waals surface area contributed by atoms with Crippen LogP contribution in [0.1, 0.15) is 30.0 Å². The van der Waals surface area contributed by atoms with Crippen LogP contribution in [0.2, 0.25) is 5.02 Å². The molecule has 0 saturated carbocycles. The van der Waals surface area contributed by atoms with Gasteiger partial charge in [0.25, 0.3) is 0 Å². The summed E-state index contributed by atoms with van der Waals surface area (Å²) in [4.78, 5) is 12.4. The number of carbonyl (C=O) groups is 1. The van der Waals surface area contributed by atoms with Gasteiger partial charge in [0.2, 0.25) is 5.91 Å². The van der Waals surface area contributed by atoms with E-state index in [0.717, 1.165) is 5.75 Å². The number of amides is 1. The van der Waals surface area contributed by atoms with E-state index in [1.807, 2.05) is 43.7 Å². The summed E-state index contributed by atoms with van der Waals surface area (Å²) in [5.74, 6) is 1.96. The van der Waals surface area contributed by atoms with Crippen molar-refractivity contribution in [2.45, 2.75) is 32.0 Å². The number of thioether (sulfide) groups is 1. The first kappa shape index (κ1) is 23.0. The standard InChI is InChI=1S/C22H25ClN4O3S/c1-13-6-8-17(10-14(13)2)30-15(3)21-25-26-22(27(21)4)31-12-20(28)24-18-11-16(23)7-9-19(18)29-5/h6-11,15H,12H2,1-5H3,(H,24,28). The Hall–Kier alpha value is -2.71. The second-order valence-electron chi connectivity index (χ2n) is 7.09. The monoisotopic (exact) mass is 460 g/mol. The fraction of sp³-hybridized carbons (Fsp3) is 0.318. The molecular formula is C22H25ClN4O3S.